The van der Waals surface area contributed by atoms with Crippen LogP contribution in [0.15, 0.2) is 30.3 Å². The molecule has 0 aliphatic carbocycles. The van der Waals surface area contributed by atoms with Crippen LogP contribution in [0.4, 0.5) is 4.79 Å². The van der Waals surface area contributed by atoms with Crippen LogP contribution in [0, 0.1) is 5.41 Å². The molecule has 144 valence electrons. The Morgan fingerprint density at radius 2 is 1.81 bits per heavy atom. The summed E-state index contributed by atoms with van der Waals surface area (Å²) in [4.78, 5) is 25.7. The number of carbonyl (C=O) groups excluding carboxylic acids is 1. The average molecular weight is 361 g/mol. The Labute approximate surface area is 156 Å². The maximum atomic E-state index is 12.3. The van der Waals surface area contributed by atoms with E-state index < -0.39 is 12.0 Å². The van der Waals surface area contributed by atoms with Gasteiger partial charge >= 0.3 is 12.0 Å². The Kier molecular flexibility index (Phi) is 7.03. The van der Waals surface area contributed by atoms with E-state index in [1.807, 2.05) is 26.8 Å². The third-order valence-electron chi connectivity index (χ3n) is 4.90. The van der Waals surface area contributed by atoms with Crippen molar-refractivity contribution >= 4 is 12.0 Å². The van der Waals surface area contributed by atoms with Gasteiger partial charge in [-0.25, -0.2) is 4.79 Å². The molecule has 1 aromatic carbocycles. The molecule has 1 saturated heterocycles. The number of benzene rings is 1. The maximum absolute atomic E-state index is 12.3. The van der Waals surface area contributed by atoms with Crippen LogP contribution in [-0.2, 0) is 11.3 Å². The van der Waals surface area contributed by atoms with Crippen LogP contribution in [0.25, 0.3) is 0 Å². The van der Waals surface area contributed by atoms with E-state index >= 15 is 0 Å². The normalized spacial score (nSPS) is 17.5. The Morgan fingerprint density at radius 1 is 1.19 bits per heavy atom. The minimum atomic E-state index is -0.903. The second kappa shape index (κ2) is 9.03. The molecule has 1 fully saturated rings. The van der Waals surface area contributed by atoms with Gasteiger partial charge in [-0.05, 0) is 23.8 Å². The maximum Gasteiger partial charge on any atom is 0.315 e. The van der Waals surface area contributed by atoms with Gasteiger partial charge in [-0.2, -0.15) is 0 Å². The lowest BCUT2D eigenvalue weighted by Crippen LogP contribution is -2.53. The number of nitrogens with one attached hydrogen (secondary N) is 2. The van der Waals surface area contributed by atoms with Crippen LogP contribution in [0.1, 0.15) is 45.6 Å². The summed E-state index contributed by atoms with van der Waals surface area (Å²) in [6.07, 6.45) is 1.73. The molecule has 1 aliphatic rings. The number of likely N-dealkylation sites (tertiary alicyclic amines) is 1. The molecule has 0 spiro atoms. The van der Waals surface area contributed by atoms with Crippen LogP contribution >= 0.6 is 0 Å². The molecule has 1 aromatic rings. The van der Waals surface area contributed by atoms with E-state index in [0.29, 0.717) is 0 Å². The second-order valence-electron chi connectivity index (χ2n) is 8.17. The summed E-state index contributed by atoms with van der Waals surface area (Å²) in [5.41, 5.74) is 0.993. The molecule has 3 N–H and O–H groups in total. The van der Waals surface area contributed by atoms with Crippen molar-refractivity contribution in [1.82, 2.24) is 15.5 Å². The molecule has 1 unspecified atom stereocenters. The van der Waals surface area contributed by atoms with Crippen LogP contribution < -0.4 is 10.6 Å². The number of carbonyl (C=O) groups is 2. The lowest BCUT2D eigenvalue weighted by molar-refractivity contribution is -0.138. The molecule has 0 bridgehead atoms. The van der Waals surface area contributed by atoms with Crippen molar-refractivity contribution in [2.75, 3.05) is 13.1 Å². The van der Waals surface area contributed by atoms with Gasteiger partial charge in [0.1, 0.15) is 0 Å². The molecule has 6 heteroatoms. The number of amides is 2. The molecule has 6 nitrogen and oxygen atoms in total. The molecule has 0 saturated carbocycles. The van der Waals surface area contributed by atoms with Crippen molar-refractivity contribution in [3.05, 3.63) is 35.9 Å². The first kappa shape index (κ1) is 20.2. The van der Waals surface area contributed by atoms with Crippen LogP contribution in [0.3, 0.4) is 0 Å². The number of aliphatic carboxylic acids is 1. The summed E-state index contributed by atoms with van der Waals surface area (Å²) in [7, 11) is 0. The van der Waals surface area contributed by atoms with Crippen molar-refractivity contribution in [3.63, 3.8) is 0 Å². The fourth-order valence-electron chi connectivity index (χ4n) is 3.21. The molecule has 1 aliphatic heterocycles. The standard InChI is InChI=1S/C20H31N3O3/c1-20(2,3)17(13-18(24)25)22-19(26)21-16-9-11-23(12-10-16)14-15-7-5-4-6-8-15/h4-8,16-17H,9-14H2,1-3H3,(H,24,25)(H2,21,22,26). The van der Waals surface area contributed by atoms with Crippen LogP contribution in [0.2, 0.25) is 0 Å². The molecule has 0 aromatic heterocycles. The first-order chi connectivity index (χ1) is 12.2. The second-order valence-corrected chi connectivity index (χ2v) is 8.17. The number of urea groups is 1. The van der Waals surface area contributed by atoms with Gasteiger partial charge in [-0.15, -0.1) is 0 Å². The smallest absolute Gasteiger partial charge is 0.315 e. The van der Waals surface area contributed by atoms with E-state index in [9.17, 15) is 9.59 Å². The largest absolute Gasteiger partial charge is 0.481 e. The van der Waals surface area contributed by atoms with Crippen LogP contribution in [0.5, 0.6) is 0 Å². The lowest BCUT2D eigenvalue weighted by Gasteiger charge is -2.34. The van der Waals surface area contributed by atoms with Crippen molar-refractivity contribution in [1.29, 1.82) is 0 Å². The van der Waals surface area contributed by atoms with Crippen molar-refractivity contribution in [3.8, 4) is 0 Å². The van der Waals surface area contributed by atoms with Gasteiger partial charge in [0.15, 0.2) is 0 Å². The fraction of sp³-hybridized carbons (Fsp3) is 0.600. The van der Waals surface area contributed by atoms with E-state index in [1.54, 1.807) is 0 Å². The molecular weight excluding hydrogens is 330 g/mol. The van der Waals surface area contributed by atoms with Crippen molar-refractivity contribution in [2.45, 2.75) is 58.7 Å². The van der Waals surface area contributed by atoms with Crippen LogP contribution in [-0.4, -0.2) is 47.2 Å². The first-order valence-electron chi connectivity index (χ1n) is 9.29. The Bertz CT molecular complexity index is 590. The fourth-order valence-corrected chi connectivity index (χ4v) is 3.21. The highest BCUT2D eigenvalue weighted by molar-refractivity contribution is 5.76. The van der Waals surface area contributed by atoms with Gasteiger partial charge in [0.25, 0.3) is 0 Å². The number of hydrogen-bond acceptors (Lipinski definition) is 3. The summed E-state index contributed by atoms with van der Waals surface area (Å²) in [6.45, 7) is 8.62. The Hall–Kier alpha value is -2.08. The number of carboxylic acid groups (broad SMARTS) is 1. The minimum absolute atomic E-state index is 0.0769. The molecule has 1 atom stereocenters. The number of rotatable bonds is 6. The SMILES string of the molecule is CC(C)(C)C(CC(=O)O)NC(=O)NC1CCN(Cc2ccccc2)CC1. The monoisotopic (exact) mass is 361 g/mol. The van der Waals surface area contributed by atoms with E-state index in [2.05, 4.69) is 39.8 Å². The van der Waals surface area contributed by atoms with Gasteiger partial charge < -0.3 is 15.7 Å². The molecular formula is C20H31N3O3. The molecule has 26 heavy (non-hydrogen) atoms. The van der Waals surface area contributed by atoms with Gasteiger partial charge in [0, 0.05) is 31.7 Å². The van der Waals surface area contributed by atoms with Crippen molar-refractivity contribution in [2.24, 2.45) is 5.41 Å². The highest BCUT2D eigenvalue weighted by Crippen LogP contribution is 2.22. The summed E-state index contributed by atoms with van der Waals surface area (Å²) in [5, 5.41) is 14.9. The van der Waals surface area contributed by atoms with E-state index in [1.165, 1.54) is 5.56 Å². The van der Waals surface area contributed by atoms with Gasteiger partial charge in [0.2, 0.25) is 0 Å². The predicted molar refractivity (Wildman–Crippen MR) is 102 cm³/mol. The van der Waals surface area contributed by atoms with Crippen molar-refractivity contribution < 1.29 is 14.7 Å². The highest BCUT2D eigenvalue weighted by Gasteiger charge is 2.29. The zero-order valence-corrected chi connectivity index (χ0v) is 16.0. The van der Waals surface area contributed by atoms with Gasteiger partial charge in [0.05, 0.1) is 6.42 Å². The van der Waals surface area contributed by atoms with E-state index in [4.69, 9.17) is 5.11 Å². The van der Waals surface area contributed by atoms with E-state index in [-0.39, 0.29) is 23.9 Å². The molecule has 2 amide bonds. The van der Waals surface area contributed by atoms with E-state index in [0.717, 1.165) is 32.5 Å². The highest BCUT2D eigenvalue weighted by atomic mass is 16.4. The summed E-state index contributed by atoms with van der Waals surface area (Å²) < 4.78 is 0. The average Bonchev–Trinajstić information content (AvgIpc) is 2.56. The number of piperidine rings is 1. The summed E-state index contributed by atoms with van der Waals surface area (Å²) >= 11 is 0. The Morgan fingerprint density at radius 3 is 2.35 bits per heavy atom. The zero-order valence-electron chi connectivity index (χ0n) is 16.0. The first-order valence-corrected chi connectivity index (χ1v) is 9.29. The number of hydrogen-bond donors (Lipinski definition) is 3. The predicted octanol–water partition coefficient (Wildman–Crippen LogP) is 2.84. The third kappa shape index (κ3) is 6.67. The summed E-state index contributed by atoms with van der Waals surface area (Å²) in [6, 6.07) is 9.85. The molecule has 1 heterocycles. The van der Waals surface area contributed by atoms with Gasteiger partial charge in [-0.3, -0.25) is 9.69 Å². The molecule has 2 rings (SSSR count). The number of nitrogens with zero attached hydrogens (tertiary/aromatic N) is 1. The van der Waals surface area contributed by atoms with Gasteiger partial charge in [-0.1, -0.05) is 51.1 Å². The third-order valence-corrected chi connectivity index (χ3v) is 4.90. The quantitative estimate of drug-likeness (QED) is 0.728. The zero-order chi connectivity index (χ0) is 19.2. The molecule has 0 radical (unpaired) electrons. The Balaban J connectivity index is 1.77. The minimum Gasteiger partial charge on any atom is -0.481 e. The topological polar surface area (TPSA) is 81.7 Å². The summed E-state index contributed by atoms with van der Waals surface area (Å²) in [5.74, 6) is -0.903. The number of carboxylic acids is 1. The lowest BCUT2D eigenvalue weighted by atomic mass is 9.85.